The Bertz CT molecular complexity index is 1660. The molecule has 11 heteroatoms. The van der Waals surface area contributed by atoms with Gasteiger partial charge in [0.25, 0.3) is 15.9 Å². The maximum atomic E-state index is 13.5. The van der Waals surface area contributed by atoms with E-state index < -0.39 is 16.1 Å². The number of rotatable bonds is 1. The van der Waals surface area contributed by atoms with Gasteiger partial charge in [-0.3, -0.25) is 9.48 Å². The summed E-state index contributed by atoms with van der Waals surface area (Å²) in [6.45, 7) is 4.55. The van der Waals surface area contributed by atoms with Crippen LogP contribution in [-0.2, 0) is 23.6 Å². The molecule has 0 saturated heterocycles. The number of sulfonamides is 1. The Morgan fingerprint density at radius 3 is 2.57 bits per heavy atom. The van der Waals surface area contributed by atoms with Gasteiger partial charge < -0.3 is 9.64 Å². The third kappa shape index (κ3) is 4.01. The summed E-state index contributed by atoms with van der Waals surface area (Å²) in [5.74, 6) is -0.291. The van der Waals surface area contributed by atoms with Crippen molar-refractivity contribution in [1.82, 2.24) is 24.6 Å². The molecular weight excluding hydrogens is 492 g/mol. The van der Waals surface area contributed by atoms with E-state index in [9.17, 15) is 13.2 Å². The van der Waals surface area contributed by atoms with Gasteiger partial charge in [0.15, 0.2) is 5.03 Å². The first-order valence-corrected chi connectivity index (χ1v) is 13.2. The molecule has 2 aliphatic heterocycles. The van der Waals surface area contributed by atoms with Crippen molar-refractivity contribution in [3.8, 4) is 17.1 Å². The van der Waals surface area contributed by atoms with E-state index >= 15 is 0 Å². The first-order valence-electron chi connectivity index (χ1n) is 11.8. The fourth-order valence-electron chi connectivity index (χ4n) is 4.95. The van der Waals surface area contributed by atoms with Crippen LogP contribution in [0.1, 0.15) is 38.8 Å². The largest absolute Gasteiger partial charge is 0.467 e. The van der Waals surface area contributed by atoms with Gasteiger partial charge in [-0.1, -0.05) is 42.5 Å². The maximum absolute atomic E-state index is 13.5. The lowest BCUT2D eigenvalue weighted by Crippen LogP contribution is -2.40. The normalized spacial score (nSPS) is 18.0. The Morgan fingerprint density at radius 2 is 1.78 bits per heavy atom. The smallest absolute Gasteiger partial charge is 0.283 e. The van der Waals surface area contributed by atoms with Gasteiger partial charge in [-0.25, -0.2) is 9.71 Å². The molecule has 10 nitrogen and oxygen atoms in total. The molecule has 0 saturated carbocycles. The number of nitrogens with one attached hydrogen (secondary N) is 1. The number of carbonyl (C=O) groups excluding carboxylic acids is 1. The van der Waals surface area contributed by atoms with Gasteiger partial charge in [0.05, 0.1) is 12.2 Å². The number of hydrogen-bond acceptors (Lipinski definition) is 7. The predicted octanol–water partition coefficient (Wildman–Crippen LogP) is 3.38. The molecule has 0 aliphatic carbocycles. The van der Waals surface area contributed by atoms with Crippen molar-refractivity contribution in [2.24, 2.45) is 7.05 Å². The Morgan fingerprint density at radius 1 is 1.03 bits per heavy atom. The molecule has 6 rings (SSSR count). The summed E-state index contributed by atoms with van der Waals surface area (Å²) in [6, 6.07) is 16.6. The zero-order valence-corrected chi connectivity index (χ0v) is 21.3. The number of aromatic nitrogens is 4. The van der Waals surface area contributed by atoms with Crippen LogP contribution in [0.15, 0.2) is 59.6 Å². The fourth-order valence-corrected chi connectivity index (χ4v) is 5.88. The zero-order chi connectivity index (χ0) is 25.9. The van der Waals surface area contributed by atoms with Crippen LogP contribution in [0.5, 0.6) is 5.88 Å². The molecule has 0 unspecified atom stereocenters. The van der Waals surface area contributed by atoms with Gasteiger partial charge in [-0.2, -0.15) is 18.5 Å². The van der Waals surface area contributed by atoms with Crippen molar-refractivity contribution in [2.75, 3.05) is 11.3 Å². The van der Waals surface area contributed by atoms with Crippen LogP contribution in [0.4, 0.5) is 5.95 Å². The van der Waals surface area contributed by atoms with E-state index in [0.717, 1.165) is 27.8 Å². The van der Waals surface area contributed by atoms with E-state index in [1.807, 2.05) is 56.3 Å². The molecule has 4 heterocycles. The van der Waals surface area contributed by atoms with Gasteiger partial charge in [0, 0.05) is 31.3 Å². The minimum Gasteiger partial charge on any atom is -0.467 e. The summed E-state index contributed by atoms with van der Waals surface area (Å²) < 4.78 is 36.6. The Kier molecular flexibility index (Phi) is 5.27. The van der Waals surface area contributed by atoms with Crippen molar-refractivity contribution in [3.05, 3.63) is 82.5 Å². The van der Waals surface area contributed by atoms with E-state index in [4.69, 9.17) is 4.74 Å². The zero-order valence-electron chi connectivity index (χ0n) is 20.5. The molecule has 1 atom stereocenters. The monoisotopic (exact) mass is 516 g/mol. The molecule has 2 aromatic heterocycles. The second-order valence-electron chi connectivity index (χ2n) is 9.27. The highest BCUT2D eigenvalue weighted by Crippen LogP contribution is 2.34. The van der Waals surface area contributed by atoms with Gasteiger partial charge >= 0.3 is 0 Å². The molecule has 2 aliphatic rings. The van der Waals surface area contributed by atoms with E-state index in [0.29, 0.717) is 12.2 Å². The summed E-state index contributed by atoms with van der Waals surface area (Å²) in [5, 5.41) is 3.82. The molecule has 37 heavy (non-hydrogen) atoms. The highest BCUT2D eigenvalue weighted by molar-refractivity contribution is 7.92. The van der Waals surface area contributed by atoms with Gasteiger partial charge in [0.2, 0.25) is 11.8 Å². The van der Waals surface area contributed by atoms with Gasteiger partial charge in [-0.05, 0) is 36.1 Å². The molecule has 0 radical (unpaired) electrons. The maximum Gasteiger partial charge on any atom is 0.283 e. The van der Waals surface area contributed by atoms with Crippen LogP contribution in [0.25, 0.3) is 11.3 Å². The number of amides is 1. The molecule has 2 aromatic carbocycles. The van der Waals surface area contributed by atoms with Crippen molar-refractivity contribution < 1.29 is 17.9 Å². The molecular formula is C26H24N6O4S. The van der Waals surface area contributed by atoms with Crippen LogP contribution >= 0.6 is 0 Å². The number of fused-ring (bicyclic) bond motifs is 8. The highest BCUT2D eigenvalue weighted by atomic mass is 32.2. The minimum atomic E-state index is -4.19. The van der Waals surface area contributed by atoms with E-state index in [2.05, 4.69) is 19.8 Å². The van der Waals surface area contributed by atoms with Crippen molar-refractivity contribution in [2.45, 2.75) is 31.5 Å². The molecule has 1 amide bonds. The average molecular weight is 517 g/mol. The molecule has 6 bridgehead atoms. The number of ether oxygens (including phenoxy) is 1. The summed E-state index contributed by atoms with van der Waals surface area (Å²) in [7, 11) is -2.65. The first kappa shape index (κ1) is 23.2. The quantitative estimate of drug-likeness (QED) is 0.412. The summed E-state index contributed by atoms with van der Waals surface area (Å²) in [4.78, 5) is 24.1. The lowest BCUT2D eigenvalue weighted by molar-refractivity contribution is 0.0579. The second kappa shape index (κ2) is 8.41. The number of hydrogen-bond donors (Lipinski definition) is 1. The third-order valence-corrected chi connectivity index (χ3v) is 7.92. The summed E-state index contributed by atoms with van der Waals surface area (Å²) in [5.41, 5.74) is 5.38. The molecule has 188 valence electrons. The van der Waals surface area contributed by atoms with Crippen LogP contribution in [0, 0.1) is 13.8 Å². The standard InChI is InChI=1S/C26H24N6O4S/c1-15-7-6-8-16(2)24(15)19-11-22-28-26(27-19)30-37(34,35)23-12-20(31(3)29-23)25(33)32-13-17-9-4-5-10-18(17)21(14-32)36-22/h4-12,21H,13-14H2,1-3H3,(H,27,28,30)/t21-/m0/s1. The van der Waals surface area contributed by atoms with E-state index in [1.54, 1.807) is 18.0 Å². The van der Waals surface area contributed by atoms with E-state index in [1.165, 1.54) is 10.7 Å². The van der Waals surface area contributed by atoms with Crippen molar-refractivity contribution in [1.29, 1.82) is 0 Å². The van der Waals surface area contributed by atoms with Crippen molar-refractivity contribution >= 4 is 21.9 Å². The summed E-state index contributed by atoms with van der Waals surface area (Å²) >= 11 is 0. The van der Waals surface area contributed by atoms with Gasteiger partial charge in [-0.15, -0.1) is 0 Å². The number of nitrogens with zero attached hydrogens (tertiary/aromatic N) is 5. The Balaban J connectivity index is 1.58. The predicted molar refractivity (Wildman–Crippen MR) is 136 cm³/mol. The average Bonchev–Trinajstić information content (AvgIpc) is 3.25. The lowest BCUT2D eigenvalue weighted by Gasteiger charge is -2.34. The highest BCUT2D eigenvalue weighted by Gasteiger charge is 2.34. The Labute approximate surface area is 214 Å². The third-order valence-electron chi connectivity index (χ3n) is 6.72. The number of aryl methyl sites for hydroxylation is 3. The second-order valence-corrected chi connectivity index (χ2v) is 10.9. The number of anilines is 1. The van der Waals surface area contributed by atoms with Crippen molar-refractivity contribution in [3.63, 3.8) is 0 Å². The molecule has 4 aromatic rings. The van der Waals surface area contributed by atoms with Gasteiger partial charge in [0.1, 0.15) is 11.8 Å². The first-order chi connectivity index (χ1) is 17.7. The number of benzene rings is 2. The van der Waals surface area contributed by atoms with E-state index in [-0.39, 0.29) is 35.0 Å². The molecule has 1 N–H and O–H groups in total. The lowest BCUT2D eigenvalue weighted by atomic mass is 9.97. The Hall–Kier alpha value is -4.25. The van der Waals surface area contributed by atoms with Crippen LogP contribution < -0.4 is 9.46 Å². The van der Waals surface area contributed by atoms with Crippen LogP contribution in [0.3, 0.4) is 0 Å². The fraction of sp³-hybridized carbons (Fsp3) is 0.231. The molecule has 0 fully saturated rings. The number of carbonyl (C=O) groups is 1. The minimum absolute atomic E-state index is 0.145. The summed E-state index contributed by atoms with van der Waals surface area (Å²) in [6.07, 6.45) is -0.521. The SMILES string of the molecule is Cc1cccc(C)c1-c1cc2nc(n1)NS(=O)(=O)c1cc(n(C)n1)C(=O)N1Cc3ccccc3[C@H](C1)O2. The van der Waals surface area contributed by atoms with Crippen LogP contribution in [0.2, 0.25) is 0 Å². The topological polar surface area (TPSA) is 119 Å². The van der Waals surface area contributed by atoms with Crippen LogP contribution in [-0.4, -0.2) is 45.5 Å². The molecule has 0 spiro atoms.